The van der Waals surface area contributed by atoms with Crippen LogP contribution in [0.1, 0.15) is 17.5 Å². The van der Waals surface area contributed by atoms with Crippen LogP contribution in [0.4, 0.5) is 16.2 Å². The van der Waals surface area contributed by atoms with E-state index in [1.807, 2.05) is 13.8 Å². The van der Waals surface area contributed by atoms with Gasteiger partial charge in [0.2, 0.25) is 15.9 Å². The van der Waals surface area contributed by atoms with E-state index in [2.05, 4.69) is 10.0 Å². The molecule has 0 spiro atoms. The van der Waals surface area contributed by atoms with Gasteiger partial charge in [-0.1, -0.05) is 12.1 Å². The largest absolute Gasteiger partial charge is 0.447 e. The van der Waals surface area contributed by atoms with Gasteiger partial charge in [-0.2, -0.15) is 0 Å². The number of nitrogens with one attached hydrogen (secondary N) is 2. The molecule has 1 fully saturated rings. The molecule has 0 aliphatic carbocycles. The number of carbonyl (C=O) groups excluding carboxylic acids is 2. The minimum atomic E-state index is -3.68. The molecule has 1 saturated heterocycles. The zero-order valence-electron chi connectivity index (χ0n) is 16.3. The molecule has 29 heavy (non-hydrogen) atoms. The molecule has 1 aliphatic heterocycles. The first kappa shape index (κ1) is 20.8. The molecule has 154 valence electrons. The van der Waals surface area contributed by atoms with Gasteiger partial charge in [0, 0.05) is 24.3 Å². The predicted octanol–water partition coefficient (Wildman–Crippen LogP) is 2.57. The molecule has 0 bridgehead atoms. The van der Waals surface area contributed by atoms with Crippen molar-refractivity contribution in [3.05, 3.63) is 53.6 Å². The van der Waals surface area contributed by atoms with E-state index in [9.17, 15) is 18.0 Å². The third-order valence-corrected chi connectivity index (χ3v) is 6.09. The van der Waals surface area contributed by atoms with E-state index in [0.29, 0.717) is 24.5 Å². The molecule has 2 aromatic carbocycles. The molecule has 0 radical (unpaired) electrons. The van der Waals surface area contributed by atoms with Crippen molar-refractivity contribution in [1.29, 1.82) is 0 Å². The Kier molecular flexibility index (Phi) is 6.19. The molecule has 0 aromatic heterocycles. The van der Waals surface area contributed by atoms with Crippen molar-refractivity contribution >= 4 is 33.4 Å². The number of carbonyl (C=O) groups is 2. The molecule has 0 atom stereocenters. The maximum Gasteiger partial charge on any atom is 0.414 e. The number of cyclic esters (lactones) is 1. The maximum atomic E-state index is 12.4. The first-order valence-electron chi connectivity index (χ1n) is 9.17. The molecule has 1 heterocycles. The van der Waals surface area contributed by atoms with Crippen LogP contribution in [-0.4, -0.2) is 40.1 Å². The normalized spacial score (nSPS) is 14.0. The van der Waals surface area contributed by atoms with Crippen LogP contribution in [-0.2, 0) is 19.6 Å². The molecule has 3 rings (SSSR count). The topological polar surface area (TPSA) is 105 Å². The lowest BCUT2D eigenvalue weighted by Crippen LogP contribution is -2.28. The van der Waals surface area contributed by atoms with E-state index in [1.165, 1.54) is 4.90 Å². The summed E-state index contributed by atoms with van der Waals surface area (Å²) in [5.74, 6) is -0.339. The van der Waals surface area contributed by atoms with Gasteiger partial charge in [0.25, 0.3) is 0 Å². The lowest BCUT2D eigenvalue weighted by atomic mass is 10.1. The fourth-order valence-electron chi connectivity index (χ4n) is 2.87. The summed E-state index contributed by atoms with van der Waals surface area (Å²) in [4.78, 5) is 25.5. The molecule has 1 aliphatic rings. The summed E-state index contributed by atoms with van der Waals surface area (Å²) in [5, 5.41) is 2.71. The minimum Gasteiger partial charge on any atom is -0.447 e. The van der Waals surface area contributed by atoms with E-state index in [0.717, 1.165) is 11.1 Å². The van der Waals surface area contributed by atoms with Gasteiger partial charge in [0.15, 0.2) is 0 Å². The van der Waals surface area contributed by atoms with Crippen LogP contribution in [0.2, 0.25) is 0 Å². The van der Waals surface area contributed by atoms with Crippen molar-refractivity contribution in [1.82, 2.24) is 4.72 Å². The summed E-state index contributed by atoms with van der Waals surface area (Å²) in [6.45, 7) is 4.51. The number of rotatable bonds is 7. The lowest BCUT2D eigenvalue weighted by molar-refractivity contribution is -0.116. The van der Waals surface area contributed by atoms with Crippen molar-refractivity contribution < 1.29 is 22.7 Å². The van der Waals surface area contributed by atoms with Gasteiger partial charge in [0.05, 0.1) is 11.4 Å². The Hall–Kier alpha value is -2.91. The second kappa shape index (κ2) is 8.62. The van der Waals surface area contributed by atoms with Crippen molar-refractivity contribution in [3.8, 4) is 0 Å². The van der Waals surface area contributed by atoms with Gasteiger partial charge in [-0.25, -0.2) is 17.9 Å². The highest BCUT2D eigenvalue weighted by atomic mass is 32.2. The smallest absolute Gasteiger partial charge is 0.414 e. The predicted molar refractivity (Wildman–Crippen MR) is 109 cm³/mol. The molecule has 0 unspecified atom stereocenters. The summed E-state index contributed by atoms with van der Waals surface area (Å²) < 4.78 is 32.1. The van der Waals surface area contributed by atoms with E-state index in [4.69, 9.17) is 4.74 Å². The Labute approximate surface area is 169 Å². The summed E-state index contributed by atoms with van der Waals surface area (Å²) in [6, 6.07) is 11.7. The number of amides is 2. The average Bonchev–Trinajstić information content (AvgIpc) is 3.10. The van der Waals surface area contributed by atoms with E-state index < -0.39 is 16.1 Å². The Morgan fingerprint density at radius 1 is 1.14 bits per heavy atom. The fraction of sp³-hybridized carbons (Fsp3) is 0.300. The summed E-state index contributed by atoms with van der Waals surface area (Å²) >= 11 is 0. The van der Waals surface area contributed by atoms with Crippen LogP contribution in [0.15, 0.2) is 47.4 Å². The SMILES string of the molecule is Cc1ccc(S(=O)(=O)NCCC(=O)Nc2cccc(N3CCOC3=O)c2)cc1C. The highest BCUT2D eigenvalue weighted by molar-refractivity contribution is 7.89. The van der Waals surface area contributed by atoms with Gasteiger partial charge < -0.3 is 10.1 Å². The fourth-order valence-corrected chi connectivity index (χ4v) is 3.98. The van der Waals surface area contributed by atoms with Gasteiger partial charge in [-0.15, -0.1) is 0 Å². The molecule has 2 N–H and O–H groups in total. The second-order valence-corrected chi connectivity index (χ2v) is 8.53. The third kappa shape index (κ3) is 5.12. The first-order chi connectivity index (χ1) is 13.8. The van der Waals surface area contributed by atoms with Gasteiger partial charge >= 0.3 is 6.09 Å². The number of hydrogen-bond acceptors (Lipinski definition) is 5. The summed E-state index contributed by atoms with van der Waals surface area (Å²) in [6.07, 6.45) is -0.450. The molecular formula is C20H23N3O5S. The minimum absolute atomic E-state index is 0.0277. The number of aryl methyl sites for hydroxylation is 2. The number of ether oxygens (including phenoxy) is 1. The Bertz CT molecular complexity index is 1040. The monoisotopic (exact) mass is 417 g/mol. The second-order valence-electron chi connectivity index (χ2n) is 6.76. The van der Waals surface area contributed by atoms with Gasteiger partial charge in [-0.05, 0) is 55.3 Å². The molecule has 0 saturated carbocycles. The molecule has 8 nitrogen and oxygen atoms in total. The zero-order chi connectivity index (χ0) is 21.0. The molecule has 2 amide bonds. The van der Waals surface area contributed by atoms with Crippen molar-refractivity contribution in [2.75, 3.05) is 29.9 Å². The number of nitrogens with zero attached hydrogens (tertiary/aromatic N) is 1. The van der Waals surface area contributed by atoms with Crippen molar-refractivity contribution in [3.63, 3.8) is 0 Å². The zero-order valence-corrected chi connectivity index (χ0v) is 17.1. The average molecular weight is 417 g/mol. The van der Waals surface area contributed by atoms with Crippen molar-refractivity contribution in [2.24, 2.45) is 0 Å². The maximum absolute atomic E-state index is 12.4. The highest BCUT2D eigenvalue weighted by Gasteiger charge is 2.23. The van der Waals surface area contributed by atoms with E-state index in [1.54, 1.807) is 42.5 Å². The quantitative estimate of drug-likeness (QED) is 0.720. The summed E-state index contributed by atoms with van der Waals surface area (Å²) in [7, 11) is -3.68. The Morgan fingerprint density at radius 2 is 1.93 bits per heavy atom. The van der Waals surface area contributed by atoms with Crippen LogP contribution < -0.4 is 14.9 Å². The molecule has 9 heteroatoms. The van der Waals surface area contributed by atoms with Crippen LogP contribution in [0, 0.1) is 13.8 Å². The first-order valence-corrected chi connectivity index (χ1v) is 10.7. The molecular weight excluding hydrogens is 394 g/mol. The Morgan fingerprint density at radius 3 is 2.62 bits per heavy atom. The molecule has 2 aromatic rings. The van der Waals surface area contributed by atoms with E-state index in [-0.39, 0.29) is 23.8 Å². The van der Waals surface area contributed by atoms with Gasteiger partial charge in [0.1, 0.15) is 6.61 Å². The van der Waals surface area contributed by atoms with Gasteiger partial charge in [-0.3, -0.25) is 9.69 Å². The van der Waals surface area contributed by atoms with Crippen molar-refractivity contribution in [2.45, 2.75) is 25.2 Å². The Balaban J connectivity index is 1.55. The number of benzene rings is 2. The van der Waals surface area contributed by atoms with E-state index >= 15 is 0 Å². The third-order valence-electron chi connectivity index (χ3n) is 4.64. The van der Waals surface area contributed by atoms with Crippen LogP contribution in [0.3, 0.4) is 0 Å². The van der Waals surface area contributed by atoms with Crippen LogP contribution in [0.25, 0.3) is 0 Å². The number of hydrogen-bond donors (Lipinski definition) is 2. The lowest BCUT2D eigenvalue weighted by Gasteiger charge is -2.14. The summed E-state index contributed by atoms with van der Waals surface area (Å²) in [5.41, 5.74) is 3.03. The number of anilines is 2. The standard InChI is InChI=1S/C20H23N3O5S/c1-14-6-7-18(12-15(14)2)29(26,27)21-9-8-19(24)22-16-4-3-5-17(13-16)23-10-11-28-20(23)25/h3-7,12-13,21H,8-11H2,1-2H3,(H,22,24). The highest BCUT2D eigenvalue weighted by Crippen LogP contribution is 2.22. The number of sulfonamides is 1. The van der Waals surface area contributed by atoms with Crippen LogP contribution in [0.5, 0.6) is 0 Å². The van der Waals surface area contributed by atoms with Crippen LogP contribution >= 0.6 is 0 Å².